The van der Waals surface area contributed by atoms with Gasteiger partial charge in [0.25, 0.3) is 0 Å². The number of fused-ring (bicyclic) bond motifs is 5. The first kappa shape index (κ1) is 20.0. The van der Waals surface area contributed by atoms with Gasteiger partial charge in [-0.25, -0.2) is 0 Å². The zero-order valence-corrected chi connectivity index (χ0v) is 18.1. The van der Waals surface area contributed by atoms with E-state index < -0.39 is 0 Å². The highest BCUT2D eigenvalue weighted by Gasteiger charge is 2.57. The summed E-state index contributed by atoms with van der Waals surface area (Å²) in [5, 5.41) is 0. The molecule has 30 heavy (non-hydrogen) atoms. The van der Waals surface area contributed by atoms with Crippen LogP contribution in [0.5, 0.6) is 0 Å². The lowest BCUT2D eigenvalue weighted by molar-refractivity contribution is -0.158. The molecule has 3 nitrogen and oxygen atoms in total. The van der Waals surface area contributed by atoms with Crippen molar-refractivity contribution in [1.29, 1.82) is 0 Å². The van der Waals surface area contributed by atoms with E-state index in [4.69, 9.17) is 4.74 Å². The summed E-state index contributed by atoms with van der Waals surface area (Å²) in [6.07, 6.45) is 12.0. The number of aryl methyl sites for hydroxylation is 1. The average Bonchev–Trinajstić information content (AvgIpc) is 3.09. The molecule has 4 aliphatic carbocycles. The first-order chi connectivity index (χ1) is 14.5. The van der Waals surface area contributed by atoms with Crippen LogP contribution in [0, 0.1) is 29.1 Å². The van der Waals surface area contributed by atoms with Crippen LogP contribution in [-0.4, -0.2) is 17.9 Å². The van der Waals surface area contributed by atoms with E-state index in [0.717, 1.165) is 50.4 Å². The molecule has 6 atom stereocenters. The van der Waals surface area contributed by atoms with Gasteiger partial charge in [-0.2, -0.15) is 0 Å². The lowest BCUT2D eigenvalue weighted by Gasteiger charge is -2.53. The third kappa shape index (κ3) is 3.55. The molecule has 0 amide bonds. The van der Waals surface area contributed by atoms with Crippen LogP contribution in [0.15, 0.2) is 42.0 Å². The molecule has 0 saturated heterocycles. The van der Waals surface area contributed by atoms with Gasteiger partial charge in [-0.05, 0) is 86.7 Å². The van der Waals surface area contributed by atoms with Gasteiger partial charge in [-0.1, -0.05) is 42.8 Å². The molecule has 160 valence electrons. The summed E-state index contributed by atoms with van der Waals surface area (Å²) >= 11 is 0. The van der Waals surface area contributed by atoms with Gasteiger partial charge in [0.1, 0.15) is 6.10 Å². The molecule has 0 aliphatic heterocycles. The fraction of sp³-hybridized carbons (Fsp3) is 0.630. The third-order valence-corrected chi connectivity index (χ3v) is 8.95. The summed E-state index contributed by atoms with van der Waals surface area (Å²) in [5.74, 6) is 3.09. The predicted molar refractivity (Wildman–Crippen MR) is 117 cm³/mol. The highest BCUT2D eigenvalue weighted by atomic mass is 16.5. The number of hydrogen-bond donors (Lipinski definition) is 0. The Hall–Kier alpha value is -1.90. The van der Waals surface area contributed by atoms with Crippen molar-refractivity contribution >= 4 is 11.8 Å². The Bertz CT molecular complexity index is 841. The second-order valence-electron chi connectivity index (χ2n) is 10.4. The number of ketones is 1. The maximum absolute atomic E-state index is 12.6. The molecule has 0 unspecified atom stereocenters. The van der Waals surface area contributed by atoms with Crippen molar-refractivity contribution in [3.63, 3.8) is 0 Å². The molecule has 0 aromatic heterocycles. The van der Waals surface area contributed by atoms with Crippen LogP contribution in [-0.2, 0) is 20.7 Å². The molecule has 1 aromatic carbocycles. The van der Waals surface area contributed by atoms with Crippen LogP contribution in [0.25, 0.3) is 0 Å². The minimum atomic E-state index is -0.0347. The van der Waals surface area contributed by atoms with E-state index in [1.54, 1.807) is 0 Å². The van der Waals surface area contributed by atoms with Crippen molar-refractivity contribution in [3.05, 3.63) is 47.5 Å². The van der Waals surface area contributed by atoms with Crippen molar-refractivity contribution in [2.75, 3.05) is 0 Å². The van der Waals surface area contributed by atoms with Crippen molar-refractivity contribution < 1.29 is 14.3 Å². The lowest BCUT2D eigenvalue weighted by Crippen LogP contribution is -2.48. The summed E-state index contributed by atoms with van der Waals surface area (Å²) in [6, 6.07) is 10.2. The number of carbonyl (C=O) groups excluding carboxylic acids is 2. The smallest absolute Gasteiger partial charge is 0.306 e. The van der Waals surface area contributed by atoms with E-state index in [2.05, 4.69) is 19.1 Å². The van der Waals surface area contributed by atoms with E-state index in [0.29, 0.717) is 24.0 Å². The Labute approximate surface area is 180 Å². The van der Waals surface area contributed by atoms with Gasteiger partial charge in [0.2, 0.25) is 0 Å². The molecule has 3 heteroatoms. The van der Waals surface area contributed by atoms with E-state index >= 15 is 0 Å². The number of benzene rings is 1. The third-order valence-electron chi connectivity index (χ3n) is 8.95. The highest BCUT2D eigenvalue weighted by Crippen LogP contribution is 2.62. The van der Waals surface area contributed by atoms with Crippen molar-refractivity contribution in [2.24, 2.45) is 29.1 Å². The summed E-state index contributed by atoms with van der Waals surface area (Å²) in [4.78, 5) is 24.5. The number of ether oxygens (including phenoxy) is 1. The molecule has 4 aliphatic rings. The maximum Gasteiger partial charge on any atom is 0.306 e. The second kappa shape index (κ2) is 7.98. The van der Waals surface area contributed by atoms with Crippen molar-refractivity contribution in [2.45, 2.75) is 77.2 Å². The maximum atomic E-state index is 12.6. The van der Waals surface area contributed by atoms with Crippen LogP contribution < -0.4 is 0 Å². The number of rotatable bonds is 4. The summed E-state index contributed by atoms with van der Waals surface area (Å²) < 4.78 is 6.11. The van der Waals surface area contributed by atoms with Gasteiger partial charge in [0.15, 0.2) is 5.78 Å². The van der Waals surface area contributed by atoms with E-state index in [1.165, 1.54) is 30.4 Å². The summed E-state index contributed by atoms with van der Waals surface area (Å²) in [5.41, 5.74) is 2.77. The Morgan fingerprint density at radius 3 is 2.70 bits per heavy atom. The largest absolute Gasteiger partial charge is 0.462 e. The van der Waals surface area contributed by atoms with Crippen LogP contribution in [0.4, 0.5) is 0 Å². The quantitative estimate of drug-likeness (QED) is 0.605. The standard InChI is InChI=1S/C27H34O3/c1-27-16-15-22-21-11-9-20(28)17-19(21)8-10-23(22)24(27)12-13-25(27)30-26(29)14-7-18-5-3-2-4-6-18/h2-6,17,21-25H,7-16H2,1H3/t21-,22+,23+,24+,25+,27+/m1/s1. The first-order valence-electron chi connectivity index (χ1n) is 12.0. The van der Waals surface area contributed by atoms with E-state index in [-0.39, 0.29) is 17.5 Å². The number of esters is 1. The van der Waals surface area contributed by atoms with Gasteiger partial charge in [0, 0.05) is 18.3 Å². The minimum absolute atomic E-state index is 0.0347. The van der Waals surface area contributed by atoms with Crippen molar-refractivity contribution in [3.8, 4) is 0 Å². The Morgan fingerprint density at radius 1 is 1.03 bits per heavy atom. The van der Waals surface area contributed by atoms with Gasteiger partial charge in [-0.15, -0.1) is 0 Å². The molecule has 3 fully saturated rings. The zero-order chi connectivity index (χ0) is 20.7. The number of carbonyl (C=O) groups is 2. The number of hydrogen-bond acceptors (Lipinski definition) is 3. The topological polar surface area (TPSA) is 43.4 Å². The van der Waals surface area contributed by atoms with Gasteiger partial charge in [0.05, 0.1) is 0 Å². The second-order valence-corrected chi connectivity index (χ2v) is 10.4. The van der Waals surface area contributed by atoms with Gasteiger partial charge < -0.3 is 4.74 Å². The fourth-order valence-electron chi connectivity index (χ4n) is 7.43. The van der Waals surface area contributed by atoms with E-state index in [1.807, 2.05) is 24.3 Å². The highest BCUT2D eigenvalue weighted by molar-refractivity contribution is 5.91. The Balaban J connectivity index is 1.23. The zero-order valence-electron chi connectivity index (χ0n) is 18.1. The average molecular weight is 407 g/mol. The monoisotopic (exact) mass is 406 g/mol. The van der Waals surface area contributed by atoms with Crippen LogP contribution in [0.1, 0.15) is 70.3 Å². The Kier molecular flexibility index (Phi) is 5.33. The van der Waals surface area contributed by atoms with Gasteiger partial charge in [-0.3, -0.25) is 9.59 Å². The molecule has 0 bridgehead atoms. The van der Waals surface area contributed by atoms with Crippen LogP contribution in [0.2, 0.25) is 0 Å². The summed E-state index contributed by atoms with van der Waals surface area (Å²) in [7, 11) is 0. The predicted octanol–water partition coefficient (Wildman–Crippen LogP) is 5.67. The lowest BCUT2D eigenvalue weighted by atomic mass is 9.52. The molecule has 0 spiro atoms. The van der Waals surface area contributed by atoms with E-state index in [9.17, 15) is 9.59 Å². The SMILES string of the molecule is C[C@]12CC[C@@H]3[C@H](CCC4=CC(=O)CC[C@H]43)[C@@H]1CC[C@@H]2OC(=O)CCc1ccccc1. The fourth-order valence-corrected chi connectivity index (χ4v) is 7.43. The molecule has 5 rings (SSSR count). The molecular weight excluding hydrogens is 372 g/mol. The molecule has 0 N–H and O–H groups in total. The molecular formula is C27H34O3. The molecule has 0 radical (unpaired) electrons. The molecule has 1 aromatic rings. The van der Waals surface area contributed by atoms with Crippen LogP contribution in [0.3, 0.4) is 0 Å². The number of allylic oxidation sites excluding steroid dienone is 1. The first-order valence-corrected chi connectivity index (χ1v) is 12.0. The Morgan fingerprint density at radius 2 is 1.87 bits per heavy atom. The summed E-state index contributed by atoms with van der Waals surface area (Å²) in [6.45, 7) is 2.39. The molecule has 0 heterocycles. The minimum Gasteiger partial charge on any atom is -0.462 e. The molecule has 3 saturated carbocycles. The van der Waals surface area contributed by atoms with Crippen molar-refractivity contribution in [1.82, 2.24) is 0 Å². The van der Waals surface area contributed by atoms with Gasteiger partial charge >= 0.3 is 5.97 Å². The van der Waals surface area contributed by atoms with Crippen LogP contribution >= 0.6 is 0 Å². The normalized spacial score (nSPS) is 37.6.